The Bertz CT molecular complexity index is 354. The molecule has 0 radical (unpaired) electrons. The molecule has 2 N–H and O–H groups in total. The maximum Gasteiger partial charge on any atom is 0.334 e. The van der Waals surface area contributed by atoms with Gasteiger partial charge in [-0.15, -0.1) is 0 Å². The number of hydrogen-bond donors (Lipinski definition) is 1. The van der Waals surface area contributed by atoms with Crippen LogP contribution >= 0.6 is 0 Å². The maximum absolute atomic E-state index is 11.7. The van der Waals surface area contributed by atoms with Crippen molar-refractivity contribution in [3.63, 3.8) is 0 Å². The van der Waals surface area contributed by atoms with Gasteiger partial charge in [-0.3, -0.25) is 9.99 Å². The molecular formula is C11H16N4O. The molecule has 1 aliphatic heterocycles. The average Bonchev–Trinajstić information content (AvgIpc) is 2.32. The first-order chi connectivity index (χ1) is 7.77. The van der Waals surface area contributed by atoms with E-state index in [1.54, 1.807) is 17.3 Å². The molecule has 0 aromatic carbocycles. The number of aromatic nitrogens is 1. The topological polar surface area (TPSA) is 62.5 Å². The summed E-state index contributed by atoms with van der Waals surface area (Å²) < 4.78 is 0. The summed E-state index contributed by atoms with van der Waals surface area (Å²) >= 11 is 0. The van der Waals surface area contributed by atoms with E-state index < -0.39 is 0 Å². The fraction of sp³-hybridized carbons (Fsp3) is 0.455. The van der Waals surface area contributed by atoms with E-state index in [2.05, 4.69) is 4.98 Å². The summed E-state index contributed by atoms with van der Waals surface area (Å²) in [6, 6.07) is 3.86. The first-order valence-corrected chi connectivity index (χ1v) is 5.47. The van der Waals surface area contributed by atoms with Gasteiger partial charge in [-0.1, -0.05) is 0 Å². The Morgan fingerprint density at radius 1 is 1.31 bits per heavy atom. The second-order valence-corrected chi connectivity index (χ2v) is 3.92. The predicted molar refractivity (Wildman–Crippen MR) is 60.4 cm³/mol. The molecule has 0 aliphatic carbocycles. The molecule has 0 spiro atoms. The molecule has 1 aliphatic rings. The Hall–Kier alpha value is -1.62. The monoisotopic (exact) mass is 220 g/mol. The normalized spacial score (nSPS) is 16.7. The quantitative estimate of drug-likeness (QED) is 0.600. The van der Waals surface area contributed by atoms with E-state index in [0.717, 1.165) is 25.9 Å². The van der Waals surface area contributed by atoms with Gasteiger partial charge < -0.3 is 4.90 Å². The van der Waals surface area contributed by atoms with Crippen molar-refractivity contribution in [2.75, 3.05) is 19.6 Å². The molecule has 86 valence electrons. The third kappa shape index (κ3) is 2.49. The summed E-state index contributed by atoms with van der Waals surface area (Å²) in [5, 5.41) is 1.29. The molecule has 1 saturated heterocycles. The highest BCUT2D eigenvalue weighted by Gasteiger charge is 2.22. The van der Waals surface area contributed by atoms with Crippen LogP contribution in [0.2, 0.25) is 0 Å². The maximum atomic E-state index is 11.7. The third-order valence-electron chi connectivity index (χ3n) is 2.76. The Morgan fingerprint density at radius 2 is 2.06 bits per heavy atom. The van der Waals surface area contributed by atoms with E-state index in [1.165, 1.54) is 10.6 Å². The number of nitrogens with zero attached hydrogens (tertiary/aromatic N) is 3. The number of rotatable bonds is 3. The summed E-state index contributed by atoms with van der Waals surface area (Å²) in [7, 11) is 0. The molecule has 5 nitrogen and oxygen atoms in total. The molecule has 2 rings (SSSR count). The van der Waals surface area contributed by atoms with Crippen LogP contribution in [0.1, 0.15) is 12.0 Å². The minimum Gasteiger partial charge on any atom is -0.323 e. The molecule has 0 unspecified atom stereocenters. The Morgan fingerprint density at radius 3 is 2.81 bits per heavy atom. The van der Waals surface area contributed by atoms with Crippen LogP contribution in [-0.4, -0.2) is 40.6 Å². The van der Waals surface area contributed by atoms with Crippen molar-refractivity contribution < 1.29 is 4.79 Å². The number of urea groups is 1. The fourth-order valence-corrected chi connectivity index (χ4v) is 1.83. The first-order valence-electron chi connectivity index (χ1n) is 5.47. The number of nitrogens with two attached hydrogens (primary N) is 1. The van der Waals surface area contributed by atoms with Crippen LogP contribution in [-0.2, 0) is 6.42 Å². The summed E-state index contributed by atoms with van der Waals surface area (Å²) in [5.41, 5.74) is 1.19. The molecule has 1 aromatic heterocycles. The minimum absolute atomic E-state index is 0.0692. The number of amides is 2. The third-order valence-corrected chi connectivity index (χ3v) is 2.76. The van der Waals surface area contributed by atoms with Gasteiger partial charge in [0.2, 0.25) is 0 Å². The average molecular weight is 220 g/mol. The van der Waals surface area contributed by atoms with Gasteiger partial charge in [0, 0.05) is 32.0 Å². The van der Waals surface area contributed by atoms with Crippen LogP contribution in [0.5, 0.6) is 0 Å². The fourth-order valence-electron chi connectivity index (χ4n) is 1.83. The Labute approximate surface area is 94.8 Å². The zero-order valence-corrected chi connectivity index (χ0v) is 9.17. The highest BCUT2D eigenvalue weighted by molar-refractivity contribution is 5.74. The Balaban J connectivity index is 1.88. The molecule has 0 bridgehead atoms. The van der Waals surface area contributed by atoms with Crippen LogP contribution in [0.15, 0.2) is 24.5 Å². The lowest BCUT2D eigenvalue weighted by molar-refractivity contribution is 0.131. The molecule has 5 heteroatoms. The van der Waals surface area contributed by atoms with Crippen molar-refractivity contribution in [3.05, 3.63) is 30.1 Å². The summed E-state index contributed by atoms with van der Waals surface area (Å²) in [4.78, 5) is 17.4. The number of hydrazine groups is 1. The SMILES string of the molecule is NN1CCCN(CCc2ccncc2)C1=O. The van der Waals surface area contributed by atoms with Gasteiger partial charge in [-0.05, 0) is 30.5 Å². The number of pyridine rings is 1. The molecule has 2 heterocycles. The van der Waals surface area contributed by atoms with Crippen molar-refractivity contribution in [1.29, 1.82) is 0 Å². The smallest absolute Gasteiger partial charge is 0.323 e. The van der Waals surface area contributed by atoms with Crippen molar-refractivity contribution in [1.82, 2.24) is 14.9 Å². The van der Waals surface area contributed by atoms with Crippen molar-refractivity contribution in [2.24, 2.45) is 5.84 Å². The van der Waals surface area contributed by atoms with E-state index in [1.807, 2.05) is 12.1 Å². The molecule has 0 atom stereocenters. The predicted octanol–water partition coefficient (Wildman–Crippen LogP) is 0.625. The standard InChI is InChI=1S/C11H16N4O/c12-15-8-1-7-14(11(15)16)9-4-10-2-5-13-6-3-10/h2-3,5-6H,1,4,7-9,12H2. The van der Waals surface area contributed by atoms with Gasteiger partial charge in [0.05, 0.1) is 0 Å². The largest absolute Gasteiger partial charge is 0.334 e. The molecule has 1 aromatic rings. The van der Waals surface area contributed by atoms with E-state index in [0.29, 0.717) is 6.54 Å². The minimum atomic E-state index is -0.0692. The lowest BCUT2D eigenvalue weighted by atomic mass is 10.2. The lowest BCUT2D eigenvalue weighted by Crippen LogP contribution is -2.52. The van der Waals surface area contributed by atoms with E-state index >= 15 is 0 Å². The number of hydrogen-bond acceptors (Lipinski definition) is 3. The lowest BCUT2D eigenvalue weighted by Gasteiger charge is -2.32. The summed E-state index contributed by atoms with van der Waals surface area (Å²) in [6.45, 7) is 2.18. The van der Waals surface area contributed by atoms with Crippen molar-refractivity contribution in [3.8, 4) is 0 Å². The van der Waals surface area contributed by atoms with Crippen LogP contribution in [0, 0.1) is 0 Å². The van der Waals surface area contributed by atoms with Crippen LogP contribution in [0.3, 0.4) is 0 Å². The summed E-state index contributed by atoms with van der Waals surface area (Å²) in [5.74, 6) is 5.57. The van der Waals surface area contributed by atoms with E-state index in [9.17, 15) is 4.79 Å². The highest BCUT2D eigenvalue weighted by atomic mass is 16.2. The van der Waals surface area contributed by atoms with Gasteiger partial charge in [0.25, 0.3) is 0 Å². The van der Waals surface area contributed by atoms with Gasteiger partial charge in [0.1, 0.15) is 0 Å². The number of carbonyl (C=O) groups is 1. The zero-order valence-electron chi connectivity index (χ0n) is 9.17. The van der Waals surface area contributed by atoms with Gasteiger partial charge in [-0.2, -0.15) is 0 Å². The van der Waals surface area contributed by atoms with E-state index in [-0.39, 0.29) is 6.03 Å². The second-order valence-electron chi connectivity index (χ2n) is 3.92. The molecular weight excluding hydrogens is 204 g/mol. The van der Waals surface area contributed by atoms with Gasteiger partial charge in [-0.25, -0.2) is 10.6 Å². The van der Waals surface area contributed by atoms with Gasteiger partial charge in [0.15, 0.2) is 0 Å². The van der Waals surface area contributed by atoms with Crippen LogP contribution < -0.4 is 5.84 Å². The van der Waals surface area contributed by atoms with E-state index in [4.69, 9.17) is 5.84 Å². The van der Waals surface area contributed by atoms with Crippen molar-refractivity contribution >= 4 is 6.03 Å². The highest BCUT2D eigenvalue weighted by Crippen LogP contribution is 2.07. The Kier molecular flexibility index (Phi) is 3.36. The molecule has 1 fully saturated rings. The molecule has 0 saturated carbocycles. The first kappa shape index (κ1) is 10.9. The second kappa shape index (κ2) is 4.94. The zero-order chi connectivity index (χ0) is 11.4. The molecule has 16 heavy (non-hydrogen) atoms. The van der Waals surface area contributed by atoms with Crippen LogP contribution in [0.25, 0.3) is 0 Å². The number of carbonyl (C=O) groups excluding carboxylic acids is 1. The van der Waals surface area contributed by atoms with Crippen molar-refractivity contribution in [2.45, 2.75) is 12.8 Å². The van der Waals surface area contributed by atoms with Crippen LogP contribution in [0.4, 0.5) is 4.79 Å². The summed E-state index contributed by atoms with van der Waals surface area (Å²) in [6.07, 6.45) is 5.33. The molecule has 2 amide bonds. The van der Waals surface area contributed by atoms with Gasteiger partial charge >= 0.3 is 6.03 Å².